The van der Waals surface area contributed by atoms with Gasteiger partial charge in [-0.2, -0.15) is 0 Å². The molecule has 0 amide bonds. The van der Waals surface area contributed by atoms with E-state index in [1.165, 1.54) is 113 Å². The summed E-state index contributed by atoms with van der Waals surface area (Å²) in [5.74, 6) is 0. The average Bonchev–Trinajstić information content (AvgIpc) is 2.93. The lowest BCUT2D eigenvalue weighted by molar-refractivity contribution is 0.0809. The van der Waals surface area contributed by atoms with Crippen LogP contribution >= 0.6 is 0 Å². The molecule has 1 nitrogen and oxygen atoms in total. The first kappa shape index (κ1) is 31.1. The first-order valence-corrected chi connectivity index (χ1v) is 15.3. The first-order valence-electron chi connectivity index (χ1n) is 15.3. The highest BCUT2D eigenvalue weighted by Gasteiger charge is 2.15. The second kappa shape index (κ2) is 20.9. The number of fused-ring (bicyclic) bond motifs is 1. The van der Waals surface area contributed by atoms with Crippen molar-refractivity contribution in [3.05, 3.63) is 79.9 Å². The minimum Gasteiger partial charge on any atom is -0.374 e. The van der Waals surface area contributed by atoms with E-state index in [9.17, 15) is 0 Å². The summed E-state index contributed by atoms with van der Waals surface area (Å²) in [6, 6.07) is 15.3. The molecule has 1 unspecified atom stereocenters. The summed E-state index contributed by atoms with van der Waals surface area (Å²) in [5, 5.41) is 2.56. The van der Waals surface area contributed by atoms with Gasteiger partial charge in [0.2, 0.25) is 0 Å². The highest BCUT2D eigenvalue weighted by molar-refractivity contribution is 5.86. The van der Waals surface area contributed by atoms with Crippen LogP contribution in [0.1, 0.15) is 121 Å². The Morgan fingerprint density at radius 2 is 1.14 bits per heavy atom. The van der Waals surface area contributed by atoms with E-state index >= 15 is 0 Å². The molecule has 2 rings (SSSR count). The minimum absolute atomic E-state index is 0.124. The summed E-state index contributed by atoms with van der Waals surface area (Å²) in [4.78, 5) is 0. The fourth-order valence-electron chi connectivity index (χ4n) is 5.11. The lowest BCUT2D eigenvalue weighted by Crippen LogP contribution is -2.16. The Morgan fingerprint density at radius 3 is 1.73 bits per heavy atom. The smallest absolute Gasteiger partial charge is 0.0825 e. The quantitative estimate of drug-likeness (QED) is 0.102. The van der Waals surface area contributed by atoms with Gasteiger partial charge in [-0.1, -0.05) is 132 Å². The molecule has 204 valence electrons. The van der Waals surface area contributed by atoms with E-state index in [1.807, 2.05) is 12.2 Å². The molecule has 0 spiro atoms. The van der Waals surface area contributed by atoms with E-state index in [0.717, 1.165) is 31.4 Å². The van der Waals surface area contributed by atoms with Crippen LogP contribution < -0.4 is 0 Å². The van der Waals surface area contributed by atoms with E-state index in [4.69, 9.17) is 4.74 Å². The maximum Gasteiger partial charge on any atom is 0.0825 e. The van der Waals surface area contributed by atoms with Gasteiger partial charge in [0.1, 0.15) is 0 Å². The predicted octanol–water partition coefficient (Wildman–Crippen LogP) is 11.6. The Balaban J connectivity index is 1.75. The fraction of sp³-hybridized carbons (Fsp3) is 0.556. The standard InChI is InChI=1S/C36H54O/c1-4-6-8-10-12-14-15-17-19-21-27-36(37-30-24-20-18-16-13-11-9-7-5-2)32(3)34-29-28-33-25-22-23-26-35(33)31-34/h4-5,22-23,25-26,28-29,31,36H,1-3,6-21,24,27,30H2. The third kappa shape index (κ3) is 13.8. The fourth-order valence-corrected chi connectivity index (χ4v) is 5.11. The molecule has 0 fully saturated rings. The van der Waals surface area contributed by atoms with Crippen molar-refractivity contribution in [1.29, 1.82) is 0 Å². The molecule has 0 aromatic heterocycles. The zero-order chi connectivity index (χ0) is 26.4. The Labute approximate surface area is 229 Å². The minimum atomic E-state index is 0.124. The van der Waals surface area contributed by atoms with Gasteiger partial charge < -0.3 is 4.74 Å². The largest absolute Gasteiger partial charge is 0.374 e. The van der Waals surface area contributed by atoms with Gasteiger partial charge in [0.25, 0.3) is 0 Å². The third-order valence-electron chi connectivity index (χ3n) is 7.51. The van der Waals surface area contributed by atoms with Gasteiger partial charge in [0.05, 0.1) is 6.10 Å². The SMILES string of the molecule is C=CCCCCCCCCCCC(OCCCCCCCCCC=C)C(=C)c1ccc2ccccc2c1. The molecule has 0 aliphatic rings. The van der Waals surface area contributed by atoms with Crippen molar-refractivity contribution in [2.24, 2.45) is 0 Å². The molecule has 2 aromatic carbocycles. The van der Waals surface area contributed by atoms with Crippen LogP contribution in [0.2, 0.25) is 0 Å². The lowest BCUT2D eigenvalue weighted by atomic mass is 9.95. The molecule has 0 radical (unpaired) electrons. The van der Waals surface area contributed by atoms with Crippen LogP contribution in [0.5, 0.6) is 0 Å². The summed E-state index contributed by atoms with van der Waals surface area (Å²) in [7, 11) is 0. The molecule has 0 N–H and O–H groups in total. The number of rotatable bonds is 24. The Kier molecular flexibility index (Phi) is 17.6. The predicted molar refractivity (Wildman–Crippen MR) is 166 cm³/mol. The van der Waals surface area contributed by atoms with Crippen LogP contribution in [0, 0.1) is 0 Å². The average molecular weight is 503 g/mol. The molecule has 1 atom stereocenters. The summed E-state index contributed by atoms with van der Waals surface area (Å²) in [5.41, 5.74) is 2.37. The Hall–Kier alpha value is -2.12. The number of benzene rings is 2. The van der Waals surface area contributed by atoms with E-state index in [-0.39, 0.29) is 6.10 Å². The molecule has 0 saturated carbocycles. The summed E-state index contributed by atoms with van der Waals surface area (Å²) in [6.07, 6.45) is 27.3. The van der Waals surface area contributed by atoms with Crippen LogP contribution in [0.3, 0.4) is 0 Å². The van der Waals surface area contributed by atoms with Gasteiger partial charge in [-0.15, -0.1) is 13.2 Å². The van der Waals surface area contributed by atoms with Crippen molar-refractivity contribution in [2.75, 3.05) is 6.61 Å². The van der Waals surface area contributed by atoms with Gasteiger partial charge in [-0.05, 0) is 66.5 Å². The number of allylic oxidation sites excluding steroid dienone is 2. The van der Waals surface area contributed by atoms with Gasteiger partial charge >= 0.3 is 0 Å². The molecule has 0 aliphatic carbocycles. The normalized spacial score (nSPS) is 12.0. The second-order valence-corrected chi connectivity index (χ2v) is 10.7. The van der Waals surface area contributed by atoms with Crippen molar-refractivity contribution < 1.29 is 4.74 Å². The second-order valence-electron chi connectivity index (χ2n) is 10.7. The van der Waals surface area contributed by atoms with E-state index in [2.05, 4.69) is 62.2 Å². The molecule has 1 heteroatoms. The monoisotopic (exact) mass is 502 g/mol. The number of hydrogen-bond donors (Lipinski definition) is 0. The van der Waals surface area contributed by atoms with E-state index in [1.54, 1.807) is 0 Å². The molecular weight excluding hydrogens is 448 g/mol. The maximum atomic E-state index is 6.49. The Morgan fingerprint density at radius 1 is 0.622 bits per heavy atom. The zero-order valence-electron chi connectivity index (χ0n) is 23.7. The highest BCUT2D eigenvalue weighted by atomic mass is 16.5. The van der Waals surface area contributed by atoms with Crippen molar-refractivity contribution in [3.63, 3.8) is 0 Å². The van der Waals surface area contributed by atoms with Gasteiger partial charge in [0, 0.05) is 6.61 Å². The molecule has 37 heavy (non-hydrogen) atoms. The van der Waals surface area contributed by atoms with Crippen molar-refractivity contribution >= 4 is 16.3 Å². The van der Waals surface area contributed by atoms with Gasteiger partial charge in [0.15, 0.2) is 0 Å². The summed E-state index contributed by atoms with van der Waals surface area (Å²) >= 11 is 0. The molecular formula is C36H54O. The van der Waals surface area contributed by atoms with Crippen molar-refractivity contribution in [3.8, 4) is 0 Å². The molecule has 0 aliphatic heterocycles. The number of unbranched alkanes of at least 4 members (excludes halogenated alkanes) is 15. The van der Waals surface area contributed by atoms with Crippen LogP contribution in [-0.2, 0) is 4.74 Å². The number of hydrogen-bond acceptors (Lipinski definition) is 1. The first-order chi connectivity index (χ1) is 18.3. The van der Waals surface area contributed by atoms with Crippen molar-refractivity contribution in [2.45, 2.75) is 122 Å². The van der Waals surface area contributed by atoms with E-state index < -0.39 is 0 Å². The Bertz CT molecular complexity index is 851. The van der Waals surface area contributed by atoms with Crippen LogP contribution in [-0.4, -0.2) is 12.7 Å². The zero-order valence-corrected chi connectivity index (χ0v) is 23.7. The van der Waals surface area contributed by atoms with Crippen LogP contribution in [0.25, 0.3) is 16.3 Å². The summed E-state index contributed by atoms with van der Waals surface area (Å²) < 4.78 is 6.49. The van der Waals surface area contributed by atoms with Gasteiger partial charge in [-0.25, -0.2) is 0 Å². The van der Waals surface area contributed by atoms with Crippen molar-refractivity contribution in [1.82, 2.24) is 0 Å². The molecule has 0 bridgehead atoms. The third-order valence-corrected chi connectivity index (χ3v) is 7.51. The van der Waals surface area contributed by atoms with Gasteiger partial charge in [-0.3, -0.25) is 0 Å². The highest BCUT2D eigenvalue weighted by Crippen LogP contribution is 2.27. The summed E-state index contributed by atoms with van der Waals surface area (Å²) in [6.45, 7) is 13.0. The lowest BCUT2D eigenvalue weighted by Gasteiger charge is -2.21. The molecule has 0 saturated heterocycles. The van der Waals surface area contributed by atoms with E-state index in [0.29, 0.717) is 0 Å². The molecule has 0 heterocycles. The maximum absolute atomic E-state index is 6.49. The number of ether oxygens (including phenoxy) is 1. The van der Waals surface area contributed by atoms with Crippen LogP contribution in [0.15, 0.2) is 74.4 Å². The molecule has 2 aromatic rings. The topological polar surface area (TPSA) is 9.23 Å². The van der Waals surface area contributed by atoms with Crippen LogP contribution in [0.4, 0.5) is 0 Å².